The number of nitrogens with one attached hydrogen (secondary N) is 1. The van der Waals surface area contributed by atoms with Crippen LogP contribution in [0.15, 0.2) is 47.5 Å². The second kappa shape index (κ2) is 6.78. The van der Waals surface area contributed by atoms with Gasteiger partial charge in [0.05, 0.1) is 30.7 Å². The van der Waals surface area contributed by atoms with Crippen LogP contribution in [0.3, 0.4) is 0 Å². The van der Waals surface area contributed by atoms with Gasteiger partial charge >= 0.3 is 0 Å². The summed E-state index contributed by atoms with van der Waals surface area (Å²) >= 11 is 5.38. The van der Waals surface area contributed by atoms with Gasteiger partial charge < -0.3 is 14.6 Å². The molecule has 1 N–H and O–H groups in total. The number of aromatic nitrogens is 3. The maximum atomic E-state index is 13.0. The normalized spacial score (nSPS) is 14.8. The van der Waals surface area contributed by atoms with E-state index in [2.05, 4.69) is 14.9 Å². The summed E-state index contributed by atoms with van der Waals surface area (Å²) in [4.78, 5) is 22.5. The van der Waals surface area contributed by atoms with Gasteiger partial charge in [-0.1, -0.05) is 6.07 Å². The van der Waals surface area contributed by atoms with Gasteiger partial charge in [-0.25, -0.2) is 0 Å². The third-order valence-corrected chi connectivity index (χ3v) is 4.73. The fraction of sp³-hybridized carbons (Fsp3) is 0.278. The van der Waals surface area contributed by atoms with Gasteiger partial charge in [-0.3, -0.25) is 14.3 Å². The van der Waals surface area contributed by atoms with E-state index in [1.807, 2.05) is 30.3 Å². The summed E-state index contributed by atoms with van der Waals surface area (Å²) in [6, 6.07) is 9.66. The van der Waals surface area contributed by atoms with Gasteiger partial charge in [-0.15, -0.1) is 0 Å². The predicted molar refractivity (Wildman–Crippen MR) is 99.8 cm³/mol. The Morgan fingerprint density at radius 1 is 1.24 bits per heavy atom. The molecule has 1 aliphatic heterocycles. The maximum Gasteiger partial charge on any atom is 0.262 e. The Morgan fingerprint density at radius 2 is 2.08 bits per heavy atom. The highest BCUT2D eigenvalue weighted by molar-refractivity contribution is 7.71. The number of rotatable bonds is 3. The minimum absolute atomic E-state index is 0.0855. The molecule has 0 aliphatic carbocycles. The maximum absolute atomic E-state index is 13.0. The van der Waals surface area contributed by atoms with Crippen LogP contribution in [-0.4, -0.2) is 40.8 Å². The quantitative estimate of drug-likeness (QED) is 0.732. The van der Waals surface area contributed by atoms with Crippen molar-refractivity contribution in [2.75, 3.05) is 31.2 Å². The number of fused-ring (bicyclic) bond motifs is 1. The number of benzene rings is 1. The summed E-state index contributed by atoms with van der Waals surface area (Å²) in [5, 5.41) is 0.640. The van der Waals surface area contributed by atoms with Gasteiger partial charge in [0.1, 0.15) is 0 Å². The van der Waals surface area contributed by atoms with E-state index in [1.165, 1.54) is 0 Å². The highest BCUT2D eigenvalue weighted by atomic mass is 32.1. The third kappa shape index (κ3) is 3.20. The molecule has 128 valence electrons. The molecule has 3 aromatic rings. The van der Waals surface area contributed by atoms with Gasteiger partial charge in [-0.2, -0.15) is 0 Å². The van der Waals surface area contributed by atoms with Crippen LogP contribution in [0.5, 0.6) is 0 Å². The van der Waals surface area contributed by atoms with E-state index < -0.39 is 0 Å². The summed E-state index contributed by atoms with van der Waals surface area (Å²) in [5.41, 5.74) is 2.64. The third-order valence-electron chi connectivity index (χ3n) is 4.41. The zero-order valence-electron chi connectivity index (χ0n) is 13.6. The molecule has 1 saturated heterocycles. The molecule has 0 saturated carbocycles. The van der Waals surface area contributed by atoms with Crippen molar-refractivity contribution in [3.63, 3.8) is 0 Å². The van der Waals surface area contributed by atoms with E-state index in [9.17, 15) is 4.79 Å². The second-order valence-electron chi connectivity index (χ2n) is 6.01. The molecule has 25 heavy (non-hydrogen) atoms. The molecular formula is C18H18N4O2S. The van der Waals surface area contributed by atoms with Crippen molar-refractivity contribution < 1.29 is 4.74 Å². The molecule has 2 aromatic heterocycles. The van der Waals surface area contributed by atoms with Crippen LogP contribution in [-0.2, 0) is 11.3 Å². The van der Waals surface area contributed by atoms with E-state index in [1.54, 1.807) is 17.0 Å². The first-order valence-corrected chi connectivity index (χ1v) is 8.62. The number of hydrogen-bond donors (Lipinski definition) is 1. The van der Waals surface area contributed by atoms with Crippen molar-refractivity contribution in [1.82, 2.24) is 14.5 Å². The number of hydrogen-bond acceptors (Lipinski definition) is 5. The number of anilines is 1. The Bertz CT molecular complexity index is 1010. The first kappa shape index (κ1) is 16.0. The summed E-state index contributed by atoms with van der Waals surface area (Å²) in [7, 11) is 0. The summed E-state index contributed by atoms with van der Waals surface area (Å²) < 4.78 is 7.40. The summed E-state index contributed by atoms with van der Waals surface area (Å²) in [5.74, 6) is 0. The Balaban J connectivity index is 1.79. The fourth-order valence-electron chi connectivity index (χ4n) is 3.07. The lowest BCUT2D eigenvalue weighted by Gasteiger charge is -2.29. The predicted octanol–water partition coefficient (Wildman–Crippen LogP) is 2.34. The largest absolute Gasteiger partial charge is 0.378 e. The van der Waals surface area contributed by atoms with Crippen molar-refractivity contribution in [2.45, 2.75) is 6.54 Å². The molecule has 7 heteroatoms. The number of ether oxygens (including phenoxy) is 1. The van der Waals surface area contributed by atoms with E-state index in [0.29, 0.717) is 29.9 Å². The number of nitrogens with zero attached hydrogens (tertiary/aromatic N) is 3. The molecular weight excluding hydrogens is 336 g/mol. The van der Waals surface area contributed by atoms with Gasteiger partial charge in [0.15, 0.2) is 4.77 Å². The first-order chi connectivity index (χ1) is 12.2. The van der Waals surface area contributed by atoms with E-state index >= 15 is 0 Å². The van der Waals surface area contributed by atoms with Gasteiger partial charge in [0.25, 0.3) is 5.56 Å². The molecule has 1 aliphatic rings. The van der Waals surface area contributed by atoms with Gasteiger partial charge in [0, 0.05) is 31.2 Å². The molecule has 0 radical (unpaired) electrons. The number of pyridine rings is 1. The lowest BCUT2D eigenvalue weighted by molar-refractivity contribution is 0.122. The van der Waals surface area contributed by atoms with E-state index in [-0.39, 0.29) is 5.56 Å². The Kier molecular flexibility index (Phi) is 4.33. The van der Waals surface area contributed by atoms with Crippen LogP contribution in [0.25, 0.3) is 10.9 Å². The topological polar surface area (TPSA) is 63.1 Å². The van der Waals surface area contributed by atoms with Crippen LogP contribution in [0.4, 0.5) is 5.69 Å². The lowest BCUT2D eigenvalue weighted by Crippen LogP contribution is -2.36. The standard InChI is InChI=1S/C18H18N4O2S/c23-17-15-10-14(21-6-8-24-9-7-21)3-4-16(15)20-18(25)22(17)12-13-2-1-5-19-11-13/h1-5,10-11H,6-9,12H2,(H,20,25). The fourth-order valence-corrected chi connectivity index (χ4v) is 3.33. The van der Waals surface area contributed by atoms with Crippen molar-refractivity contribution >= 4 is 28.8 Å². The molecule has 0 atom stereocenters. The minimum atomic E-state index is -0.0855. The molecule has 3 heterocycles. The van der Waals surface area contributed by atoms with Crippen LogP contribution >= 0.6 is 12.2 Å². The monoisotopic (exact) mass is 354 g/mol. The minimum Gasteiger partial charge on any atom is -0.378 e. The highest BCUT2D eigenvalue weighted by Gasteiger charge is 2.13. The lowest BCUT2D eigenvalue weighted by atomic mass is 10.2. The molecule has 4 rings (SSSR count). The van der Waals surface area contributed by atoms with E-state index in [4.69, 9.17) is 17.0 Å². The Labute approximate surface area is 149 Å². The summed E-state index contributed by atoms with van der Waals surface area (Å²) in [6.07, 6.45) is 3.46. The Hall–Kier alpha value is -2.51. The SMILES string of the molecule is O=c1c2cc(N3CCOCC3)ccc2[nH]c(=S)n1Cc1cccnc1. The van der Waals surface area contributed by atoms with Crippen LogP contribution in [0, 0.1) is 4.77 Å². The average Bonchev–Trinajstić information content (AvgIpc) is 2.66. The average molecular weight is 354 g/mol. The van der Waals surface area contributed by atoms with Crippen LogP contribution in [0.1, 0.15) is 5.56 Å². The number of H-pyrrole nitrogens is 1. The van der Waals surface area contributed by atoms with E-state index in [0.717, 1.165) is 29.9 Å². The molecule has 0 spiro atoms. The molecule has 0 amide bonds. The zero-order chi connectivity index (χ0) is 17.2. The smallest absolute Gasteiger partial charge is 0.262 e. The molecule has 6 nitrogen and oxygen atoms in total. The second-order valence-corrected chi connectivity index (χ2v) is 6.40. The number of morpholine rings is 1. The van der Waals surface area contributed by atoms with Crippen molar-refractivity contribution in [1.29, 1.82) is 0 Å². The van der Waals surface area contributed by atoms with Gasteiger partial charge in [0.2, 0.25) is 0 Å². The zero-order valence-corrected chi connectivity index (χ0v) is 14.5. The van der Waals surface area contributed by atoms with Crippen molar-refractivity contribution in [3.05, 3.63) is 63.4 Å². The van der Waals surface area contributed by atoms with Gasteiger partial charge in [-0.05, 0) is 42.0 Å². The molecule has 0 unspecified atom stereocenters. The molecule has 1 fully saturated rings. The molecule has 1 aromatic carbocycles. The number of aromatic amines is 1. The first-order valence-electron chi connectivity index (χ1n) is 8.21. The van der Waals surface area contributed by atoms with Crippen molar-refractivity contribution in [2.24, 2.45) is 0 Å². The van der Waals surface area contributed by atoms with Crippen LogP contribution < -0.4 is 10.5 Å². The molecule has 0 bridgehead atoms. The summed E-state index contributed by atoms with van der Waals surface area (Å²) in [6.45, 7) is 3.48. The van der Waals surface area contributed by atoms with Crippen LogP contribution in [0.2, 0.25) is 0 Å². The highest BCUT2D eigenvalue weighted by Crippen LogP contribution is 2.20. The van der Waals surface area contributed by atoms with Crippen molar-refractivity contribution in [3.8, 4) is 0 Å². The Morgan fingerprint density at radius 3 is 2.84 bits per heavy atom.